The predicted octanol–water partition coefficient (Wildman–Crippen LogP) is 3.05. The van der Waals surface area contributed by atoms with Gasteiger partial charge in [-0.1, -0.05) is 43.3 Å². The molecule has 84 valence electrons. The van der Waals surface area contributed by atoms with Gasteiger partial charge in [-0.15, -0.1) is 0 Å². The summed E-state index contributed by atoms with van der Waals surface area (Å²) in [7, 11) is 0. The molecule has 0 bridgehead atoms. The molecule has 2 nitrogen and oxygen atoms in total. The minimum absolute atomic E-state index is 0.108. The van der Waals surface area contributed by atoms with Crippen molar-refractivity contribution in [3.8, 4) is 0 Å². The third-order valence-corrected chi connectivity index (χ3v) is 3.08. The average molecular weight is 216 g/mol. The molecular formula is C14H16O2. The minimum Gasteiger partial charge on any atom is -0.457 e. The summed E-state index contributed by atoms with van der Waals surface area (Å²) >= 11 is 0. The molecule has 0 saturated carbocycles. The molecule has 1 aliphatic heterocycles. The Labute approximate surface area is 95.9 Å². The van der Waals surface area contributed by atoms with E-state index in [0.717, 1.165) is 5.57 Å². The van der Waals surface area contributed by atoms with Crippen molar-refractivity contribution in [3.05, 3.63) is 47.5 Å². The molecule has 0 fully saturated rings. The summed E-state index contributed by atoms with van der Waals surface area (Å²) in [5.74, 6) is 0.0834. The van der Waals surface area contributed by atoms with Gasteiger partial charge in [0.05, 0.1) is 6.42 Å². The van der Waals surface area contributed by atoms with Gasteiger partial charge in [-0.3, -0.25) is 4.79 Å². The Morgan fingerprint density at radius 2 is 2.00 bits per heavy atom. The maximum atomic E-state index is 11.3. The van der Waals surface area contributed by atoms with Crippen LogP contribution in [0.3, 0.4) is 0 Å². The molecule has 1 aliphatic rings. The normalized spacial score (nSPS) is 22.2. The molecular weight excluding hydrogens is 200 g/mol. The van der Waals surface area contributed by atoms with Crippen LogP contribution in [0, 0.1) is 0 Å². The maximum Gasteiger partial charge on any atom is 0.310 e. The van der Waals surface area contributed by atoms with E-state index in [9.17, 15) is 4.79 Å². The number of cyclic esters (lactones) is 1. The average Bonchev–Trinajstić information content (AvgIpc) is 2.32. The molecule has 0 aliphatic carbocycles. The number of carbonyl (C=O) groups excluding carboxylic acids is 1. The summed E-state index contributed by atoms with van der Waals surface area (Å²) < 4.78 is 5.41. The highest BCUT2D eigenvalue weighted by atomic mass is 16.5. The fraction of sp³-hybridized carbons (Fsp3) is 0.357. The number of ether oxygens (including phenoxy) is 1. The Bertz CT molecular complexity index is 406. The first-order chi connectivity index (χ1) is 7.68. The van der Waals surface area contributed by atoms with Gasteiger partial charge in [0.15, 0.2) is 0 Å². The summed E-state index contributed by atoms with van der Waals surface area (Å²) in [6.45, 7) is 4.12. The Morgan fingerprint density at radius 1 is 1.31 bits per heavy atom. The summed E-state index contributed by atoms with van der Waals surface area (Å²) in [5, 5.41) is 0. The molecule has 0 spiro atoms. The van der Waals surface area contributed by atoms with E-state index in [4.69, 9.17) is 4.74 Å². The van der Waals surface area contributed by atoms with Crippen molar-refractivity contribution < 1.29 is 9.53 Å². The van der Waals surface area contributed by atoms with Crippen LogP contribution in [0.1, 0.15) is 31.7 Å². The molecule has 1 aromatic rings. The molecule has 2 heteroatoms. The van der Waals surface area contributed by atoms with Gasteiger partial charge in [-0.05, 0) is 18.1 Å². The molecule has 0 amide bonds. The highest BCUT2D eigenvalue weighted by molar-refractivity contribution is 5.73. The van der Waals surface area contributed by atoms with Crippen LogP contribution in [-0.2, 0) is 9.53 Å². The van der Waals surface area contributed by atoms with Crippen LogP contribution in [0.2, 0.25) is 0 Å². The molecule has 2 atom stereocenters. The monoisotopic (exact) mass is 216 g/mol. The van der Waals surface area contributed by atoms with Gasteiger partial charge in [0.1, 0.15) is 6.10 Å². The van der Waals surface area contributed by atoms with Crippen molar-refractivity contribution in [2.45, 2.75) is 32.3 Å². The lowest BCUT2D eigenvalue weighted by Crippen LogP contribution is -2.28. The van der Waals surface area contributed by atoms with E-state index < -0.39 is 0 Å². The molecule has 0 N–H and O–H groups in total. The van der Waals surface area contributed by atoms with E-state index in [1.165, 1.54) is 5.56 Å². The second-order valence-corrected chi connectivity index (χ2v) is 4.26. The first-order valence-corrected chi connectivity index (χ1v) is 5.59. The van der Waals surface area contributed by atoms with Gasteiger partial charge >= 0.3 is 5.97 Å². The first-order valence-electron chi connectivity index (χ1n) is 5.59. The zero-order valence-electron chi connectivity index (χ0n) is 9.64. The second-order valence-electron chi connectivity index (χ2n) is 4.26. The van der Waals surface area contributed by atoms with Gasteiger partial charge in [0.2, 0.25) is 0 Å². The van der Waals surface area contributed by atoms with Crippen molar-refractivity contribution in [2.24, 2.45) is 0 Å². The highest BCUT2D eigenvalue weighted by Crippen LogP contribution is 2.29. The third-order valence-electron chi connectivity index (χ3n) is 3.08. The van der Waals surface area contributed by atoms with E-state index >= 15 is 0 Å². The zero-order valence-corrected chi connectivity index (χ0v) is 9.64. The zero-order chi connectivity index (χ0) is 11.5. The Balaban J connectivity index is 2.22. The van der Waals surface area contributed by atoms with Crippen LogP contribution in [0.4, 0.5) is 0 Å². The second kappa shape index (κ2) is 4.52. The first kappa shape index (κ1) is 10.9. The largest absolute Gasteiger partial charge is 0.457 e. The van der Waals surface area contributed by atoms with Crippen molar-refractivity contribution >= 4 is 5.97 Å². The van der Waals surface area contributed by atoms with Crippen LogP contribution < -0.4 is 0 Å². The topological polar surface area (TPSA) is 26.3 Å². The minimum atomic E-state index is -0.126. The summed E-state index contributed by atoms with van der Waals surface area (Å²) in [6.07, 6.45) is 2.27. The van der Waals surface area contributed by atoms with Crippen molar-refractivity contribution in [3.63, 3.8) is 0 Å². The fourth-order valence-electron chi connectivity index (χ4n) is 2.07. The highest BCUT2D eigenvalue weighted by Gasteiger charge is 2.27. The Kier molecular flexibility index (Phi) is 3.09. The molecule has 2 rings (SSSR count). The summed E-state index contributed by atoms with van der Waals surface area (Å²) in [5.41, 5.74) is 2.35. The lowest BCUT2D eigenvalue weighted by molar-refractivity contribution is -0.148. The lowest BCUT2D eigenvalue weighted by Gasteiger charge is -2.28. The summed E-state index contributed by atoms with van der Waals surface area (Å²) in [6, 6.07) is 10.2. The van der Waals surface area contributed by atoms with Crippen molar-refractivity contribution in [1.29, 1.82) is 0 Å². The van der Waals surface area contributed by atoms with E-state index in [-0.39, 0.29) is 18.0 Å². The molecule has 16 heavy (non-hydrogen) atoms. The SMILES string of the molecule is CC1=CCC(=O)OC1C(C)c1ccccc1. The smallest absolute Gasteiger partial charge is 0.310 e. The van der Waals surface area contributed by atoms with E-state index in [0.29, 0.717) is 6.42 Å². The number of rotatable bonds is 2. The van der Waals surface area contributed by atoms with E-state index in [2.05, 4.69) is 19.1 Å². The van der Waals surface area contributed by atoms with E-state index in [1.54, 1.807) is 0 Å². The quantitative estimate of drug-likeness (QED) is 0.561. The van der Waals surface area contributed by atoms with Crippen LogP contribution >= 0.6 is 0 Å². The van der Waals surface area contributed by atoms with Crippen molar-refractivity contribution in [2.75, 3.05) is 0 Å². The van der Waals surface area contributed by atoms with Gasteiger partial charge in [0.25, 0.3) is 0 Å². The summed E-state index contributed by atoms with van der Waals surface area (Å²) in [4.78, 5) is 11.3. The van der Waals surface area contributed by atoms with E-state index in [1.807, 2.05) is 31.2 Å². The fourth-order valence-corrected chi connectivity index (χ4v) is 2.07. The van der Waals surface area contributed by atoms with Crippen LogP contribution in [0.25, 0.3) is 0 Å². The number of carbonyl (C=O) groups is 1. The maximum absolute atomic E-state index is 11.3. The number of benzene rings is 1. The van der Waals surface area contributed by atoms with Crippen LogP contribution in [0.15, 0.2) is 42.0 Å². The standard InChI is InChI=1S/C14H16O2/c1-10-8-9-13(15)16-14(10)11(2)12-6-4-3-5-7-12/h3-8,11,14H,9H2,1-2H3. The van der Waals surface area contributed by atoms with Gasteiger partial charge in [-0.25, -0.2) is 0 Å². The Hall–Kier alpha value is -1.57. The third kappa shape index (κ3) is 2.16. The van der Waals surface area contributed by atoms with Gasteiger partial charge < -0.3 is 4.74 Å². The molecule has 0 radical (unpaired) electrons. The van der Waals surface area contributed by atoms with Gasteiger partial charge in [-0.2, -0.15) is 0 Å². The van der Waals surface area contributed by atoms with Crippen LogP contribution in [0.5, 0.6) is 0 Å². The molecule has 0 saturated heterocycles. The Morgan fingerprint density at radius 3 is 2.69 bits per heavy atom. The number of hydrogen-bond donors (Lipinski definition) is 0. The lowest BCUT2D eigenvalue weighted by atomic mass is 9.89. The van der Waals surface area contributed by atoms with Crippen molar-refractivity contribution in [1.82, 2.24) is 0 Å². The molecule has 0 aromatic heterocycles. The van der Waals surface area contributed by atoms with Crippen LogP contribution in [-0.4, -0.2) is 12.1 Å². The molecule has 1 aromatic carbocycles. The molecule has 2 unspecified atom stereocenters. The number of esters is 1. The molecule has 1 heterocycles. The predicted molar refractivity (Wildman–Crippen MR) is 63.1 cm³/mol. The number of hydrogen-bond acceptors (Lipinski definition) is 2. The van der Waals surface area contributed by atoms with Gasteiger partial charge in [0, 0.05) is 5.92 Å².